The lowest BCUT2D eigenvalue weighted by Gasteiger charge is -2.09. The van der Waals surface area contributed by atoms with E-state index in [4.69, 9.17) is 5.11 Å². The normalized spacial score (nSPS) is 10.9. The molecule has 14 heavy (non-hydrogen) atoms. The van der Waals surface area contributed by atoms with Gasteiger partial charge in [0, 0.05) is 5.92 Å². The molecule has 0 aliphatic heterocycles. The van der Waals surface area contributed by atoms with E-state index in [1.54, 1.807) is 6.07 Å². The van der Waals surface area contributed by atoms with Gasteiger partial charge in [-0.2, -0.15) is 0 Å². The summed E-state index contributed by atoms with van der Waals surface area (Å²) in [7, 11) is 0. The topological polar surface area (TPSA) is 20.2 Å². The number of benzene rings is 1. The predicted molar refractivity (Wildman–Crippen MR) is 55.5 cm³/mol. The number of aliphatic hydroxyl groups excluding tert-OH is 1. The first kappa shape index (κ1) is 11.2. The highest BCUT2D eigenvalue weighted by Crippen LogP contribution is 2.18. The molecule has 1 radical (unpaired) electrons. The van der Waals surface area contributed by atoms with Crippen LogP contribution in [0.3, 0.4) is 0 Å². The van der Waals surface area contributed by atoms with E-state index in [1.165, 1.54) is 6.07 Å². The molecule has 0 spiro atoms. The van der Waals surface area contributed by atoms with Gasteiger partial charge in [0.2, 0.25) is 0 Å². The Hall–Kier alpha value is -0.890. The molecule has 1 nitrogen and oxygen atoms in total. The maximum absolute atomic E-state index is 13.2. The van der Waals surface area contributed by atoms with Gasteiger partial charge in [-0.05, 0) is 29.7 Å². The van der Waals surface area contributed by atoms with E-state index < -0.39 is 0 Å². The second-order valence-electron chi connectivity index (χ2n) is 3.54. The van der Waals surface area contributed by atoms with E-state index in [0.29, 0.717) is 0 Å². The SMILES string of the molecule is CCCc1cc(F)cc([C](C)CO)c1. The molecule has 0 unspecified atom stereocenters. The third-order valence-corrected chi connectivity index (χ3v) is 2.23. The first-order valence-corrected chi connectivity index (χ1v) is 4.90. The Morgan fingerprint density at radius 3 is 2.64 bits per heavy atom. The molecule has 0 saturated carbocycles. The highest BCUT2D eigenvalue weighted by molar-refractivity contribution is 5.34. The minimum Gasteiger partial charge on any atom is -0.395 e. The van der Waals surface area contributed by atoms with Crippen LogP contribution < -0.4 is 0 Å². The first-order valence-electron chi connectivity index (χ1n) is 4.90. The van der Waals surface area contributed by atoms with E-state index in [1.807, 2.05) is 13.0 Å². The smallest absolute Gasteiger partial charge is 0.123 e. The van der Waals surface area contributed by atoms with E-state index in [9.17, 15) is 4.39 Å². The van der Waals surface area contributed by atoms with Gasteiger partial charge in [0.25, 0.3) is 0 Å². The van der Waals surface area contributed by atoms with Crippen LogP contribution in [0, 0.1) is 11.7 Å². The zero-order valence-electron chi connectivity index (χ0n) is 8.68. The van der Waals surface area contributed by atoms with E-state index in [-0.39, 0.29) is 12.4 Å². The Morgan fingerprint density at radius 2 is 2.07 bits per heavy atom. The monoisotopic (exact) mass is 195 g/mol. The van der Waals surface area contributed by atoms with Crippen LogP contribution in [0.15, 0.2) is 18.2 Å². The number of hydrogen-bond donors (Lipinski definition) is 1. The third kappa shape index (κ3) is 2.81. The van der Waals surface area contributed by atoms with Crippen molar-refractivity contribution in [2.75, 3.05) is 6.61 Å². The van der Waals surface area contributed by atoms with Gasteiger partial charge in [0.1, 0.15) is 5.82 Å². The van der Waals surface area contributed by atoms with Crippen LogP contribution in [-0.4, -0.2) is 11.7 Å². The molecular weight excluding hydrogens is 179 g/mol. The van der Waals surface area contributed by atoms with Crippen molar-refractivity contribution < 1.29 is 9.50 Å². The molecule has 0 atom stereocenters. The maximum Gasteiger partial charge on any atom is 0.123 e. The second kappa shape index (κ2) is 5.11. The average molecular weight is 195 g/mol. The van der Waals surface area contributed by atoms with Gasteiger partial charge < -0.3 is 5.11 Å². The van der Waals surface area contributed by atoms with Crippen molar-refractivity contribution in [3.63, 3.8) is 0 Å². The van der Waals surface area contributed by atoms with E-state index in [0.717, 1.165) is 29.9 Å². The summed E-state index contributed by atoms with van der Waals surface area (Å²) in [4.78, 5) is 0. The predicted octanol–water partition coefficient (Wildman–Crippen LogP) is 2.71. The van der Waals surface area contributed by atoms with Crippen molar-refractivity contribution in [1.29, 1.82) is 0 Å². The lowest BCUT2D eigenvalue weighted by atomic mass is 9.98. The molecule has 0 fully saturated rings. The Morgan fingerprint density at radius 1 is 1.36 bits per heavy atom. The Labute approximate surface area is 84.6 Å². The average Bonchev–Trinajstić information content (AvgIpc) is 2.16. The molecule has 1 aromatic carbocycles. The van der Waals surface area contributed by atoms with Crippen LogP contribution in [0.2, 0.25) is 0 Å². The molecule has 1 aromatic rings. The molecule has 0 bridgehead atoms. The number of halogens is 1. The summed E-state index contributed by atoms with van der Waals surface area (Å²) < 4.78 is 13.2. The largest absolute Gasteiger partial charge is 0.395 e. The van der Waals surface area contributed by atoms with Crippen molar-refractivity contribution >= 4 is 0 Å². The summed E-state index contributed by atoms with van der Waals surface area (Å²) in [5.41, 5.74) is 1.80. The molecule has 0 saturated heterocycles. The van der Waals surface area contributed by atoms with Crippen molar-refractivity contribution in [3.8, 4) is 0 Å². The van der Waals surface area contributed by atoms with E-state index in [2.05, 4.69) is 6.92 Å². The number of rotatable bonds is 4. The van der Waals surface area contributed by atoms with Gasteiger partial charge in [-0.3, -0.25) is 0 Å². The van der Waals surface area contributed by atoms with Crippen LogP contribution >= 0.6 is 0 Å². The van der Waals surface area contributed by atoms with Crippen LogP contribution in [-0.2, 0) is 6.42 Å². The summed E-state index contributed by atoms with van der Waals surface area (Å²) >= 11 is 0. The standard InChI is InChI=1S/C12H16FO/c1-3-4-10-5-11(9(2)8-14)7-12(13)6-10/h5-7,14H,3-4,8H2,1-2H3. The molecule has 0 aromatic heterocycles. The summed E-state index contributed by atoms with van der Waals surface area (Å²) in [5.74, 6) is 0.584. The van der Waals surface area contributed by atoms with Crippen molar-refractivity contribution in [3.05, 3.63) is 41.1 Å². The van der Waals surface area contributed by atoms with Gasteiger partial charge in [0.05, 0.1) is 6.61 Å². The van der Waals surface area contributed by atoms with Gasteiger partial charge in [-0.15, -0.1) is 0 Å². The first-order chi connectivity index (χ1) is 6.67. The van der Waals surface area contributed by atoms with Crippen LogP contribution in [0.1, 0.15) is 31.4 Å². The van der Waals surface area contributed by atoms with Gasteiger partial charge in [0.15, 0.2) is 0 Å². The fraction of sp³-hybridized carbons (Fsp3) is 0.417. The lowest BCUT2D eigenvalue weighted by Crippen LogP contribution is -2.01. The molecule has 0 amide bonds. The number of hydrogen-bond acceptors (Lipinski definition) is 1. The van der Waals surface area contributed by atoms with Gasteiger partial charge in [-0.1, -0.05) is 26.3 Å². The van der Waals surface area contributed by atoms with Crippen LogP contribution in [0.5, 0.6) is 0 Å². The fourth-order valence-electron chi connectivity index (χ4n) is 1.42. The highest BCUT2D eigenvalue weighted by Gasteiger charge is 2.07. The quantitative estimate of drug-likeness (QED) is 0.783. The molecule has 2 heteroatoms. The minimum atomic E-state index is -0.223. The molecule has 77 valence electrons. The second-order valence-corrected chi connectivity index (χ2v) is 3.54. The maximum atomic E-state index is 13.2. The van der Waals surface area contributed by atoms with Gasteiger partial charge in [-0.25, -0.2) is 4.39 Å². The summed E-state index contributed by atoms with van der Waals surface area (Å²) in [6.07, 6.45) is 1.88. The Kier molecular flexibility index (Phi) is 4.08. The molecule has 1 N–H and O–H groups in total. The fourth-order valence-corrected chi connectivity index (χ4v) is 1.42. The van der Waals surface area contributed by atoms with Gasteiger partial charge >= 0.3 is 0 Å². The zero-order chi connectivity index (χ0) is 10.6. The van der Waals surface area contributed by atoms with E-state index >= 15 is 0 Å². The highest BCUT2D eigenvalue weighted by atomic mass is 19.1. The zero-order valence-corrected chi connectivity index (χ0v) is 8.68. The third-order valence-electron chi connectivity index (χ3n) is 2.23. The summed E-state index contributed by atoms with van der Waals surface area (Å²) in [5, 5.41) is 8.94. The van der Waals surface area contributed by atoms with Crippen molar-refractivity contribution in [1.82, 2.24) is 0 Å². The van der Waals surface area contributed by atoms with Crippen molar-refractivity contribution in [2.24, 2.45) is 0 Å². The summed E-state index contributed by atoms with van der Waals surface area (Å²) in [6.45, 7) is 3.85. The minimum absolute atomic E-state index is 0.0188. The molecule has 0 heterocycles. The van der Waals surface area contributed by atoms with Crippen LogP contribution in [0.4, 0.5) is 4.39 Å². The molecule has 0 aliphatic rings. The molecular formula is C12H16FO. The van der Waals surface area contributed by atoms with Crippen molar-refractivity contribution in [2.45, 2.75) is 26.7 Å². The Bertz CT molecular complexity index is 296. The lowest BCUT2D eigenvalue weighted by molar-refractivity contribution is 0.315. The summed E-state index contributed by atoms with van der Waals surface area (Å²) in [6, 6.07) is 4.96. The number of aliphatic hydroxyl groups is 1. The molecule has 1 rings (SSSR count). The number of aryl methyl sites for hydroxylation is 1. The Balaban J connectivity index is 2.94. The molecule has 0 aliphatic carbocycles. The van der Waals surface area contributed by atoms with Crippen LogP contribution in [0.25, 0.3) is 0 Å².